The van der Waals surface area contributed by atoms with Crippen molar-refractivity contribution in [3.63, 3.8) is 0 Å². The number of carbonyl (C=O) groups is 2. The van der Waals surface area contributed by atoms with Crippen molar-refractivity contribution < 1.29 is 35.6 Å². The summed E-state index contributed by atoms with van der Waals surface area (Å²) in [6.45, 7) is 0.223. The molecule has 0 aliphatic carbocycles. The molecule has 1 amide bonds. The van der Waals surface area contributed by atoms with Crippen LogP contribution in [0.15, 0.2) is 88.4 Å². The van der Waals surface area contributed by atoms with E-state index in [1.807, 2.05) is 0 Å². The maximum absolute atomic E-state index is 13.3. The molecule has 1 aliphatic rings. The second-order valence-corrected chi connectivity index (χ2v) is 11.4. The third-order valence-electron chi connectivity index (χ3n) is 6.86. The number of anilines is 1. The van der Waals surface area contributed by atoms with Crippen molar-refractivity contribution in [2.75, 3.05) is 11.9 Å². The average molecular weight is 571 g/mol. The lowest BCUT2D eigenvalue weighted by molar-refractivity contribution is -0.137. The molecule has 0 spiro atoms. The fourth-order valence-corrected chi connectivity index (χ4v) is 6.43. The lowest BCUT2D eigenvalue weighted by atomic mass is 10.0. The first-order valence-electron chi connectivity index (χ1n) is 12.6. The second-order valence-electron chi connectivity index (χ2n) is 9.57. The minimum absolute atomic E-state index is 0.0700. The number of amides is 1. The van der Waals surface area contributed by atoms with Gasteiger partial charge in [0.05, 0.1) is 11.6 Å². The zero-order valence-corrected chi connectivity index (χ0v) is 22.0. The number of hydrogen-bond donors (Lipinski definition) is 1. The molecule has 1 atom stereocenters. The summed E-state index contributed by atoms with van der Waals surface area (Å²) in [5.74, 6) is -0.782. The topological polar surface area (TPSA) is 96.7 Å². The van der Waals surface area contributed by atoms with E-state index in [2.05, 4.69) is 5.32 Å². The van der Waals surface area contributed by atoms with E-state index in [-0.39, 0.29) is 29.4 Å². The van der Waals surface area contributed by atoms with E-state index < -0.39 is 33.7 Å². The van der Waals surface area contributed by atoms with Gasteiger partial charge in [-0.1, -0.05) is 30.3 Å². The highest BCUT2D eigenvalue weighted by Gasteiger charge is 2.40. The molecule has 3 aromatic carbocycles. The summed E-state index contributed by atoms with van der Waals surface area (Å²) in [6.07, 6.45) is -3.11. The fourth-order valence-electron chi connectivity index (χ4n) is 4.80. The van der Waals surface area contributed by atoms with Gasteiger partial charge in [0, 0.05) is 35.7 Å². The van der Waals surface area contributed by atoms with Crippen LogP contribution in [0.2, 0.25) is 0 Å². The van der Waals surface area contributed by atoms with Crippen LogP contribution in [0.25, 0.3) is 11.0 Å². The SMILES string of the molecule is O=C(Nc1cccc(CCC(=O)[C@@H]2CCCN2S(=O)(=O)c2cc3ccccc3o2)c1)c1ccc(C(F)(F)F)cc1. The molecular weight excluding hydrogens is 545 g/mol. The first-order chi connectivity index (χ1) is 19.0. The number of carbonyl (C=O) groups excluding carboxylic acids is 2. The van der Waals surface area contributed by atoms with Crippen molar-refractivity contribution in [2.24, 2.45) is 0 Å². The van der Waals surface area contributed by atoms with Crippen LogP contribution in [0, 0.1) is 0 Å². The Hall–Kier alpha value is -3.96. The Morgan fingerprint density at radius 2 is 1.73 bits per heavy atom. The molecule has 208 valence electrons. The fraction of sp³-hybridized carbons (Fsp3) is 0.241. The molecule has 0 bridgehead atoms. The Kier molecular flexibility index (Phi) is 7.52. The largest absolute Gasteiger partial charge is 0.443 e. The van der Waals surface area contributed by atoms with Gasteiger partial charge in [-0.3, -0.25) is 9.59 Å². The van der Waals surface area contributed by atoms with E-state index in [0.29, 0.717) is 35.9 Å². The molecule has 1 N–H and O–H groups in total. The lowest BCUT2D eigenvalue weighted by Gasteiger charge is -2.21. The maximum atomic E-state index is 13.3. The van der Waals surface area contributed by atoms with Gasteiger partial charge in [0.1, 0.15) is 5.58 Å². The highest BCUT2D eigenvalue weighted by Crippen LogP contribution is 2.31. The van der Waals surface area contributed by atoms with Crippen molar-refractivity contribution in [3.05, 3.63) is 95.6 Å². The summed E-state index contributed by atoms with van der Waals surface area (Å²) in [7, 11) is -4.00. The van der Waals surface area contributed by atoms with E-state index in [4.69, 9.17) is 4.42 Å². The molecule has 7 nitrogen and oxygen atoms in total. The lowest BCUT2D eigenvalue weighted by Crippen LogP contribution is -2.40. The summed E-state index contributed by atoms with van der Waals surface area (Å²) in [5.41, 5.74) is 0.837. The number of alkyl halides is 3. The van der Waals surface area contributed by atoms with E-state index in [0.717, 1.165) is 29.8 Å². The Labute approximate surface area is 228 Å². The van der Waals surface area contributed by atoms with Crippen LogP contribution in [0.1, 0.15) is 40.7 Å². The van der Waals surface area contributed by atoms with Crippen molar-refractivity contribution in [3.8, 4) is 0 Å². The van der Waals surface area contributed by atoms with Crippen LogP contribution in [0.3, 0.4) is 0 Å². The number of sulfonamides is 1. The Bertz CT molecular complexity index is 1630. The Morgan fingerprint density at radius 1 is 0.975 bits per heavy atom. The molecule has 1 aromatic heterocycles. The van der Waals surface area contributed by atoms with Crippen LogP contribution >= 0.6 is 0 Å². The van der Waals surface area contributed by atoms with Gasteiger partial charge in [-0.2, -0.15) is 17.5 Å². The van der Waals surface area contributed by atoms with Gasteiger partial charge in [0.2, 0.25) is 5.09 Å². The van der Waals surface area contributed by atoms with Gasteiger partial charge < -0.3 is 9.73 Å². The van der Waals surface area contributed by atoms with Gasteiger partial charge in [-0.15, -0.1) is 0 Å². The number of nitrogens with one attached hydrogen (secondary N) is 1. The molecule has 40 heavy (non-hydrogen) atoms. The number of rotatable bonds is 8. The maximum Gasteiger partial charge on any atom is 0.416 e. The van der Waals surface area contributed by atoms with Crippen LogP contribution in [-0.2, 0) is 27.4 Å². The van der Waals surface area contributed by atoms with Gasteiger partial charge in [-0.25, -0.2) is 8.42 Å². The zero-order valence-electron chi connectivity index (χ0n) is 21.1. The molecule has 4 aromatic rings. The van der Waals surface area contributed by atoms with E-state index in [9.17, 15) is 31.2 Å². The van der Waals surface area contributed by atoms with Gasteiger partial charge in [-0.05, 0) is 67.3 Å². The highest BCUT2D eigenvalue weighted by atomic mass is 32.2. The number of furan rings is 1. The molecule has 1 saturated heterocycles. The Morgan fingerprint density at radius 3 is 2.45 bits per heavy atom. The first kappa shape index (κ1) is 27.6. The number of ketones is 1. The molecule has 0 unspecified atom stereocenters. The molecular formula is C29H25F3N2O5S. The Balaban J connectivity index is 1.22. The number of aryl methyl sites for hydroxylation is 1. The van der Waals surface area contributed by atoms with Crippen LogP contribution in [0.5, 0.6) is 0 Å². The minimum atomic E-state index is -4.49. The standard InChI is InChI=1S/C29H25F3N2O5S/c30-29(31,32)22-13-11-20(12-14-22)28(36)33-23-7-3-5-19(17-23)10-15-25(35)24-8-4-16-34(24)40(37,38)27-18-21-6-1-2-9-26(21)39-27/h1-3,5-7,9,11-14,17-18,24H,4,8,10,15-16H2,(H,33,36)/t24-/m0/s1. The second kappa shape index (κ2) is 10.9. The predicted octanol–water partition coefficient (Wildman–Crippen LogP) is 6.06. The van der Waals surface area contributed by atoms with Crippen LogP contribution < -0.4 is 5.32 Å². The molecule has 0 radical (unpaired) electrons. The summed E-state index contributed by atoms with van der Waals surface area (Å²) >= 11 is 0. The average Bonchev–Trinajstić information content (AvgIpc) is 3.60. The molecule has 1 aliphatic heterocycles. The van der Waals surface area contributed by atoms with Crippen molar-refractivity contribution in [1.29, 1.82) is 0 Å². The van der Waals surface area contributed by atoms with E-state index in [1.54, 1.807) is 48.5 Å². The van der Waals surface area contributed by atoms with Gasteiger partial charge >= 0.3 is 6.18 Å². The smallest absolute Gasteiger partial charge is 0.416 e. The van der Waals surface area contributed by atoms with Gasteiger partial charge in [0.15, 0.2) is 5.78 Å². The van der Waals surface area contributed by atoms with Gasteiger partial charge in [0.25, 0.3) is 15.9 Å². The number of hydrogen-bond acceptors (Lipinski definition) is 5. The monoisotopic (exact) mass is 570 g/mol. The first-order valence-corrected chi connectivity index (χ1v) is 14.1. The molecule has 2 heterocycles. The number of benzene rings is 3. The molecule has 5 rings (SSSR count). The van der Waals surface area contributed by atoms with E-state index >= 15 is 0 Å². The third kappa shape index (κ3) is 5.80. The summed E-state index contributed by atoms with van der Waals surface area (Å²) in [6, 6.07) is 18.3. The number of para-hydroxylation sites is 1. The number of halogens is 3. The summed E-state index contributed by atoms with van der Waals surface area (Å²) in [4.78, 5) is 25.7. The van der Waals surface area contributed by atoms with Crippen LogP contribution in [-0.4, -0.2) is 37.0 Å². The quantitative estimate of drug-likeness (QED) is 0.278. The van der Waals surface area contributed by atoms with Crippen molar-refractivity contribution >= 4 is 38.4 Å². The minimum Gasteiger partial charge on any atom is -0.443 e. The summed E-state index contributed by atoms with van der Waals surface area (Å²) in [5, 5.41) is 3.12. The normalized spacial score (nSPS) is 16.3. The molecule has 1 fully saturated rings. The zero-order chi connectivity index (χ0) is 28.5. The number of Topliss-reactive ketones (excluding diaryl/α,β-unsaturated/α-hetero) is 1. The highest BCUT2D eigenvalue weighted by molar-refractivity contribution is 7.89. The van der Waals surface area contributed by atoms with Crippen molar-refractivity contribution in [2.45, 2.75) is 43.0 Å². The van der Waals surface area contributed by atoms with E-state index in [1.165, 1.54) is 10.4 Å². The molecule has 0 saturated carbocycles. The summed E-state index contributed by atoms with van der Waals surface area (Å²) < 4.78 is 71.7. The third-order valence-corrected chi connectivity index (χ3v) is 8.62. The number of fused-ring (bicyclic) bond motifs is 1. The van der Waals surface area contributed by atoms with Crippen molar-refractivity contribution in [1.82, 2.24) is 4.31 Å². The van der Waals surface area contributed by atoms with Crippen LogP contribution in [0.4, 0.5) is 18.9 Å². The predicted molar refractivity (Wildman–Crippen MR) is 142 cm³/mol. The molecule has 11 heteroatoms. The number of nitrogens with zero attached hydrogens (tertiary/aromatic N) is 1.